The van der Waals surface area contributed by atoms with E-state index in [1.54, 1.807) is 43.3 Å². The minimum absolute atomic E-state index is 0.0689. The Bertz CT molecular complexity index is 1190. The Balaban J connectivity index is 1.90. The van der Waals surface area contributed by atoms with E-state index in [2.05, 4.69) is 26.0 Å². The van der Waals surface area contributed by atoms with Crippen molar-refractivity contribution >= 4 is 43.2 Å². The Hall–Kier alpha value is -2.64. The highest BCUT2D eigenvalue weighted by Gasteiger charge is 2.20. The van der Waals surface area contributed by atoms with E-state index in [1.807, 2.05) is 32.0 Å². The molecule has 29 heavy (non-hydrogen) atoms. The summed E-state index contributed by atoms with van der Waals surface area (Å²) in [6.07, 6.45) is 0. The first-order chi connectivity index (χ1) is 13.7. The molecule has 3 aromatic rings. The van der Waals surface area contributed by atoms with Crippen LogP contribution in [0.5, 0.6) is 0 Å². The number of rotatable bonds is 5. The van der Waals surface area contributed by atoms with Crippen LogP contribution in [0.25, 0.3) is 0 Å². The van der Waals surface area contributed by atoms with Gasteiger partial charge in [0.05, 0.1) is 10.6 Å². The molecule has 7 heteroatoms. The van der Waals surface area contributed by atoms with Gasteiger partial charge in [0.15, 0.2) is 0 Å². The van der Waals surface area contributed by atoms with E-state index in [-0.39, 0.29) is 16.4 Å². The normalized spacial score (nSPS) is 11.2. The predicted molar refractivity (Wildman–Crippen MR) is 120 cm³/mol. The first-order valence-corrected chi connectivity index (χ1v) is 11.2. The van der Waals surface area contributed by atoms with Crippen molar-refractivity contribution < 1.29 is 13.2 Å². The molecule has 0 saturated carbocycles. The number of aryl methyl sites for hydroxylation is 3. The third-order valence-electron chi connectivity index (χ3n) is 4.45. The zero-order valence-electron chi connectivity index (χ0n) is 16.3. The molecule has 0 radical (unpaired) electrons. The van der Waals surface area contributed by atoms with Gasteiger partial charge in [0, 0.05) is 15.7 Å². The van der Waals surface area contributed by atoms with Crippen LogP contribution in [-0.2, 0) is 10.0 Å². The standard InChI is InChI=1S/C22H21BrN2O3S/c1-14-7-10-20(16(3)11-14)25-29(27,28)21-12-17(9-8-15(21)2)22(26)24-19-6-4-5-18(23)13-19/h4-13,25H,1-3H3,(H,24,26). The van der Waals surface area contributed by atoms with Crippen molar-refractivity contribution in [2.24, 2.45) is 0 Å². The summed E-state index contributed by atoms with van der Waals surface area (Å²) in [4.78, 5) is 12.7. The van der Waals surface area contributed by atoms with Crippen LogP contribution in [0.15, 0.2) is 70.0 Å². The summed E-state index contributed by atoms with van der Waals surface area (Å²) in [6.45, 7) is 5.49. The summed E-state index contributed by atoms with van der Waals surface area (Å²) in [5, 5.41) is 2.78. The second-order valence-electron chi connectivity index (χ2n) is 6.87. The molecular weight excluding hydrogens is 452 g/mol. The number of hydrogen-bond acceptors (Lipinski definition) is 3. The number of halogens is 1. The lowest BCUT2D eigenvalue weighted by molar-refractivity contribution is 0.102. The molecule has 0 spiro atoms. The van der Waals surface area contributed by atoms with E-state index in [9.17, 15) is 13.2 Å². The Labute approximate surface area is 179 Å². The van der Waals surface area contributed by atoms with Crippen molar-refractivity contribution in [3.63, 3.8) is 0 Å². The highest BCUT2D eigenvalue weighted by Crippen LogP contribution is 2.24. The second-order valence-corrected chi connectivity index (χ2v) is 9.44. The largest absolute Gasteiger partial charge is 0.322 e. The molecule has 0 aromatic heterocycles. The average molecular weight is 473 g/mol. The van der Waals surface area contributed by atoms with E-state index < -0.39 is 10.0 Å². The number of sulfonamides is 1. The fourth-order valence-corrected chi connectivity index (χ4v) is 4.73. The molecule has 0 aliphatic heterocycles. The number of benzene rings is 3. The molecule has 0 bridgehead atoms. The SMILES string of the molecule is Cc1ccc(NS(=O)(=O)c2cc(C(=O)Nc3cccc(Br)c3)ccc2C)c(C)c1. The molecule has 1 amide bonds. The second kappa shape index (κ2) is 8.39. The third-order valence-corrected chi connectivity index (χ3v) is 6.45. The van der Waals surface area contributed by atoms with Gasteiger partial charge in [0.25, 0.3) is 15.9 Å². The van der Waals surface area contributed by atoms with Crippen LogP contribution in [-0.4, -0.2) is 14.3 Å². The van der Waals surface area contributed by atoms with Crippen LogP contribution >= 0.6 is 15.9 Å². The Morgan fingerprint density at radius 1 is 0.897 bits per heavy atom. The zero-order chi connectivity index (χ0) is 21.2. The Kier molecular flexibility index (Phi) is 6.10. The molecule has 3 rings (SSSR count). The van der Waals surface area contributed by atoms with E-state index >= 15 is 0 Å². The lowest BCUT2D eigenvalue weighted by atomic mass is 10.1. The van der Waals surface area contributed by atoms with E-state index in [4.69, 9.17) is 0 Å². The summed E-state index contributed by atoms with van der Waals surface area (Å²) in [5.74, 6) is -0.383. The maximum absolute atomic E-state index is 13.0. The van der Waals surface area contributed by atoms with Crippen molar-refractivity contribution in [1.29, 1.82) is 0 Å². The van der Waals surface area contributed by atoms with Gasteiger partial charge in [-0.05, 0) is 68.3 Å². The maximum Gasteiger partial charge on any atom is 0.262 e. The van der Waals surface area contributed by atoms with Crippen molar-refractivity contribution in [2.45, 2.75) is 25.7 Å². The number of nitrogens with one attached hydrogen (secondary N) is 2. The average Bonchev–Trinajstić information content (AvgIpc) is 2.64. The number of carbonyl (C=O) groups excluding carboxylic acids is 1. The van der Waals surface area contributed by atoms with Gasteiger partial charge in [-0.1, -0.05) is 45.8 Å². The fourth-order valence-electron chi connectivity index (χ4n) is 2.93. The minimum Gasteiger partial charge on any atom is -0.322 e. The molecule has 0 saturated heterocycles. The first kappa shape index (κ1) is 21.1. The lowest BCUT2D eigenvalue weighted by Crippen LogP contribution is -2.17. The molecule has 2 N–H and O–H groups in total. The van der Waals surface area contributed by atoms with Crippen molar-refractivity contribution in [2.75, 3.05) is 10.0 Å². The van der Waals surface area contributed by atoms with Crippen molar-refractivity contribution in [3.8, 4) is 0 Å². The Morgan fingerprint density at radius 2 is 1.66 bits per heavy atom. The lowest BCUT2D eigenvalue weighted by Gasteiger charge is -2.14. The van der Waals surface area contributed by atoms with Crippen LogP contribution in [0, 0.1) is 20.8 Å². The molecular formula is C22H21BrN2O3S. The van der Waals surface area contributed by atoms with E-state index in [0.29, 0.717) is 16.9 Å². The van der Waals surface area contributed by atoms with Gasteiger partial charge < -0.3 is 5.32 Å². The van der Waals surface area contributed by atoms with Crippen LogP contribution in [0.3, 0.4) is 0 Å². The fraction of sp³-hybridized carbons (Fsp3) is 0.136. The van der Waals surface area contributed by atoms with Crippen LogP contribution in [0.2, 0.25) is 0 Å². The summed E-state index contributed by atoms with van der Waals surface area (Å²) in [5.41, 5.74) is 3.82. The number of anilines is 2. The van der Waals surface area contributed by atoms with Crippen LogP contribution in [0.4, 0.5) is 11.4 Å². The van der Waals surface area contributed by atoms with Gasteiger partial charge in [-0.2, -0.15) is 0 Å². The quantitative estimate of drug-likeness (QED) is 0.519. The molecule has 0 unspecified atom stereocenters. The summed E-state index contributed by atoms with van der Waals surface area (Å²) in [6, 6.07) is 17.3. The number of carbonyl (C=O) groups is 1. The third kappa shape index (κ3) is 5.05. The highest BCUT2D eigenvalue weighted by molar-refractivity contribution is 9.10. The van der Waals surface area contributed by atoms with Gasteiger partial charge in [-0.3, -0.25) is 9.52 Å². The molecule has 0 aliphatic carbocycles. The molecule has 5 nitrogen and oxygen atoms in total. The summed E-state index contributed by atoms with van der Waals surface area (Å²) >= 11 is 3.36. The smallest absolute Gasteiger partial charge is 0.262 e. The van der Waals surface area contributed by atoms with Gasteiger partial charge in [-0.15, -0.1) is 0 Å². The molecule has 0 heterocycles. The van der Waals surface area contributed by atoms with Gasteiger partial charge in [0.2, 0.25) is 0 Å². The van der Waals surface area contributed by atoms with Crippen LogP contribution in [0.1, 0.15) is 27.0 Å². The summed E-state index contributed by atoms with van der Waals surface area (Å²) < 4.78 is 29.4. The van der Waals surface area contributed by atoms with Gasteiger partial charge in [0.1, 0.15) is 0 Å². The first-order valence-electron chi connectivity index (χ1n) is 8.93. The molecule has 0 aliphatic rings. The highest BCUT2D eigenvalue weighted by atomic mass is 79.9. The maximum atomic E-state index is 13.0. The minimum atomic E-state index is -3.85. The molecule has 0 atom stereocenters. The monoisotopic (exact) mass is 472 g/mol. The van der Waals surface area contributed by atoms with E-state index in [1.165, 1.54) is 6.07 Å². The summed E-state index contributed by atoms with van der Waals surface area (Å²) in [7, 11) is -3.85. The predicted octanol–water partition coefficient (Wildman–Crippen LogP) is 5.43. The van der Waals surface area contributed by atoms with Gasteiger partial charge in [-0.25, -0.2) is 8.42 Å². The van der Waals surface area contributed by atoms with E-state index in [0.717, 1.165) is 15.6 Å². The topological polar surface area (TPSA) is 75.3 Å². The van der Waals surface area contributed by atoms with Gasteiger partial charge >= 0.3 is 0 Å². The van der Waals surface area contributed by atoms with Crippen molar-refractivity contribution in [3.05, 3.63) is 87.4 Å². The van der Waals surface area contributed by atoms with Crippen LogP contribution < -0.4 is 10.0 Å². The molecule has 3 aromatic carbocycles. The molecule has 0 fully saturated rings. The zero-order valence-corrected chi connectivity index (χ0v) is 18.7. The molecule has 150 valence electrons. The number of hydrogen-bond donors (Lipinski definition) is 2. The number of amides is 1. The Morgan fingerprint density at radius 3 is 2.34 bits per heavy atom. The van der Waals surface area contributed by atoms with Crippen molar-refractivity contribution in [1.82, 2.24) is 0 Å².